The van der Waals surface area contributed by atoms with Gasteiger partial charge in [-0.2, -0.15) is 0 Å². The molecule has 0 bridgehead atoms. The number of aliphatic hydroxyl groups excluding tert-OH is 2. The third-order valence-corrected chi connectivity index (χ3v) is 19.2. The highest BCUT2D eigenvalue weighted by atomic mass is 16.5. The fourth-order valence-corrected chi connectivity index (χ4v) is 13.0. The molecule has 6 nitrogen and oxygen atoms in total. The lowest BCUT2D eigenvalue weighted by molar-refractivity contribution is -0.143. The van der Waals surface area contributed by atoms with E-state index in [1.807, 2.05) is 6.08 Å². The quantitative estimate of drug-likeness (QED) is 0.0320. The van der Waals surface area contributed by atoms with Crippen molar-refractivity contribution in [2.24, 2.45) is 0 Å². The molecule has 3 N–H and O–H groups in total. The summed E-state index contributed by atoms with van der Waals surface area (Å²) < 4.78 is 5.51. The number of hydrogen-bond acceptors (Lipinski definition) is 5. The predicted octanol–water partition coefficient (Wildman–Crippen LogP) is 26.8. The van der Waals surface area contributed by atoms with E-state index in [0.717, 1.165) is 38.5 Å². The molecule has 522 valence electrons. The zero-order valence-electron chi connectivity index (χ0n) is 60.0. The maximum absolute atomic E-state index is 12.6. The Balaban J connectivity index is 3.38. The van der Waals surface area contributed by atoms with Crippen LogP contribution in [0.5, 0.6) is 0 Å². The molecular weight excluding hydrogens is 1080 g/mol. The minimum atomic E-state index is -0.845. The van der Waals surface area contributed by atoms with Crippen LogP contribution in [0.25, 0.3) is 0 Å². The molecule has 0 aromatic heterocycles. The molecule has 0 aliphatic carbocycles. The van der Waals surface area contributed by atoms with E-state index in [-0.39, 0.29) is 18.5 Å². The summed E-state index contributed by atoms with van der Waals surface area (Å²) in [6.07, 6.45) is 100. The summed E-state index contributed by atoms with van der Waals surface area (Å²) in [6, 6.07) is -0.628. The first kappa shape index (κ1) is 86.3. The summed E-state index contributed by atoms with van der Waals surface area (Å²) in [5, 5.41) is 23.3. The average molecular weight is 1240 g/mol. The van der Waals surface area contributed by atoms with Crippen molar-refractivity contribution in [2.45, 2.75) is 475 Å². The Kier molecular flexibility index (Phi) is 76.3. The molecule has 0 fully saturated rings. The first-order chi connectivity index (χ1) is 43.5. The van der Waals surface area contributed by atoms with E-state index in [9.17, 15) is 19.8 Å². The monoisotopic (exact) mass is 1240 g/mol. The van der Waals surface area contributed by atoms with Gasteiger partial charge < -0.3 is 20.3 Å². The summed E-state index contributed by atoms with van der Waals surface area (Å²) in [6.45, 7) is 4.97. The lowest BCUT2D eigenvalue weighted by Gasteiger charge is -2.20. The minimum absolute atomic E-state index is 0.0219. The lowest BCUT2D eigenvalue weighted by atomic mass is 10.0. The number of esters is 1. The van der Waals surface area contributed by atoms with Crippen LogP contribution in [0.3, 0.4) is 0 Å². The third kappa shape index (κ3) is 73.4. The van der Waals surface area contributed by atoms with Crippen molar-refractivity contribution in [3.63, 3.8) is 0 Å². The number of ether oxygens (including phenoxy) is 1. The van der Waals surface area contributed by atoms with Crippen LogP contribution < -0.4 is 5.32 Å². The van der Waals surface area contributed by atoms with Crippen LogP contribution in [0.4, 0.5) is 0 Å². The highest BCUT2D eigenvalue weighted by Gasteiger charge is 2.18. The fourth-order valence-electron chi connectivity index (χ4n) is 13.0. The zero-order valence-corrected chi connectivity index (χ0v) is 60.0. The minimum Gasteiger partial charge on any atom is -0.466 e. The summed E-state index contributed by atoms with van der Waals surface area (Å²) >= 11 is 0. The summed E-state index contributed by atoms with van der Waals surface area (Å²) in [5.74, 6) is -0.0391. The normalized spacial score (nSPS) is 12.5. The number of hydrogen-bond donors (Lipinski definition) is 3. The molecule has 0 aliphatic heterocycles. The highest BCUT2D eigenvalue weighted by molar-refractivity contribution is 5.76. The number of rotatable bonds is 77. The van der Waals surface area contributed by atoms with Crippen molar-refractivity contribution in [1.82, 2.24) is 5.32 Å². The molecule has 0 radical (unpaired) electrons. The second kappa shape index (κ2) is 77.8. The van der Waals surface area contributed by atoms with Crippen LogP contribution >= 0.6 is 0 Å². The number of aliphatic hydroxyl groups is 2. The number of allylic oxidation sites excluding steroid dienone is 3. The van der Waals surface area contributed by atoms with Crippen molar-refractivity contribution < 1.29 is 24.5 Å². The van der Waals surface area contributed by atoms with Crippen molar-refractivity contribution in [3.05, 3.63) is 24.3 Å². The van der Waals surface area contributed by atoms with E-state index >= 15 is 0 Å². The number of carbonyl (C=O) groups excluding carboxylic acids is 2. The molecule has 6 heteroatoms. The number of unbranched alkanes of at least 4 members (excludes halogenated alkanes) is 64. The summed E-state index contributed by atoms with van der Waals surface area (Å²) in [5.41, 5.74) is 0. The fraction of sp³-hybridized carbons (Fsp3) is 0.927. The van der Waals surface area contributed by atoms with Gasteiger partial charge in [-0.3, -0.25) is 9.59 Å². The molecule has 0 rings (SSSR count). The Morgan fingerprint density at radius 1 is 0.307 bits per heavy atom. The van der Waals surface area contributed by atoms with Crippen molar-refractivity contribution >= 4 is 11.9 Å². The lowest BCUT2D eigenvalue weighted by Crippen LogP contribution is -2.45. The van der Waals surface area contributed by atoms with Gasteiger partial charge in [-0.05, 0) is 57.8 Å². The standard InChI is InChI=1S/C82H159NO5/c1-3-5-7-9-11-13-15-17-19-21-22-23-24-33-36-39-43-46-50-54-58-62-66-70-74-80(85)79(78-84)83-81(86)75-71-67-63-59-55-51-47-44-40-37-34-31-29-27-25-26-28-30-32-35-38-41-45-49-53-57-61-65-69-73-77-88-82(87)76-72-68-64-60-56-52-48-42-20-18-16-14-12-10-8-6-4-2/h26,28,70,74,79-80,84-85H,3-25,27,29-69,71-73,75-78H2,1-2H3,(H,83,86)/b28-26-,74-70+. The summed E-state index contributed by atoms with van der Waals surface area (Å²) in [4.78, 5) is 24.7. The molecule has 2 atom stereocenters. The number of amides is 1. The molecular formula is C82H159NO5. The van der Waals surface area contributed by atoms with Crippen LogP contribution in [0.2, 0.25) is 0 Å². The molecule has 0 saturated carbocycles. The smallest absolute Gasteiger partial charge is 0.305 e. The molecule has 0 heterocycles. The van der Waals surface area contributed by atoms with Gasteiger partial charge in [-0.1, -0.05) is 417 Å². The van der Waals surface area contributed by atoms with Gasteiger partial charge in [-0.15, -0.1) is 0 Å². The van der Waals surface area contributed by atoms with Crippen LogP contribution in [-0.4, -0.2) is 47.4 Å². The SMILES string of the molecule is CCCCCCCCCCCCCCCCCCCCCCCC/C=C/C(O)C(CO)NC(=O)CCCCCCCCCCCCCCCC/C=C\CCCCCCCCCCCCCCOC(=O)CCCCCCCCCCCCCCCCCCC. The molecule has 0 aromatic rings. The Hall–Kier alpha value is -1.66. The first-order valence-electron chi connectivity index (χ1n) is 40.6. The van der Waals surface area contributed by atoms with Crippen molar-refractivity contribution in [1.29, 1.82) is 0 Å². The molecule has 0 aromatic carbocycles. The Morgan fingerprint density at radius 2 is 0.534 bits per heavy atom. The van der Waals surface area contributed by atoms with E-state index in [1.165, 1.54) is 398 Å². The molecule has 0 spiro atoms. The van der Waals surface area contributed by atoms with Crippen LogP contribution in [-0.2, 0) is 14.3 Å². The van der Waals surface area contributed by atoms with E-state index in [2.05, 4.69) is 31.3 Å². The molecule has 88 heavy (non-hydrogen) atoms. The molecule has 0 saturated heterocycles. The van der Waals surface area contributed by atoms with Gasteiger partial charge in [0.1, 0.15) is 0 Å². The van der Waals surface area contributed by atoms with E-state index in [0.29, 0.717) is 19.4 Å². The second-order valence-corrected chi connectivity index (χ2v) is 28.1. The average Bonchev–Trinajstić information content (AvgIpc) is 3.60. The zero-order chi connectivity index (χ0) is 63.5. The van der Waals surface area contributed by atoms with Crippen LogP contribution in [0.15, 0.2) is 24.3 Å². The first-order valence-corrected chi connectivity index (χ1v) is 40.6. The van der Waals surface area contributed by atoms with Gasteiger partial charge in [0, 0.05) is 12.8 Å². The van der Waals surface area contributed by atoms with Gasteiger partial charge in [0.05, 0.1) is 25.4 Å². The van der Waals surface area contributed by atoms with Gasteiger partial charge in [0.25, 0.3) is 0 Å². The Morgan fingerprint density at radius 3 is 0.807 bits per heavy atom. The third-order valence-electron chi connectivity index (χ3n) is 19.2. The maximum atomic E-state index is 12.6. The van der Waals surface area contributed by atoms with E-state index in [1.54, 1.807) is 6.08 Å². The van der Waals surface area contributed by atoms with E-state index in [4.69, 9.17) is 4.74 Å². The van der Waals surface area contributed by atoms with Crippen LogP contribution in [0.1, 0.15) is 463 Å². The number of nitrogens with one attached hydrogen (secondary N) is 1. The van der Waals surface area contributed by atoms with Crippen molar-refractivity contribution in [3.8, 4) is 0 Å². The molecule has 0 aliphatic rings. The topological polar surface area (TPSA) is 95.9 Å². The predicted molar refractivity (Wildman–Crippen MR) is 389 cm³/mol. The van der Waals surface area contributed by atoms with E-state index < -0.39 is 12.1 Å². The maximum Gasteiger partial charge on any atom is 0.305 e. The Labute approximate surface area is 551 Å². The molecule has 1 amide bonds. The largest absolute Gasteiger partial charge is 0.466 e. The highest BCUT2D eigenvalue weighted by Crippen LogP contribution is 2.20. The Bertz CT molecular complexity index is 1380. The van der Waals surface area contributed by atoms with Gasteiger partial charge in [-0.25, -0.2) is 0 Å². The van der Waals surface area contributed by atoms with Crippen molar-refractivity contribution in [2.75, 3.05) is 13.2 Å². The van der Waals surface area contributed by atoms with Gasteiger partial charge in [0.15, 0.2) is 0 Å². The summed E-state index contributed by atoms with van der Waals surface area (Å²) in [7, 11) is 0. The molecule has 2 unspecified atom stereocenters. The van der Waals surface area contributed by atoms with Crippen LogP contribution in [0, 0.1) is 0 Å². The van der Waals surface area contributed by atoms with Gasteiger partial charge >= 0.3 is 5.97 Å². The number of carbonyl (C=O) groups is 2. The second-order valence-electron chi connectivity index (χ2n) is 28.1. The van der Waals surface area contributed by atoms with Gasteiger partial charge in [0.2, 0.25) is 5.91 Å².